The lowest BCUT2D eigenvalue weighted by molar-refractivity contribution is -0.152. The molecule has 0 N–H and O–H groups in total. The number of halogens is 1. The Labute approximate surface area is 186 Å². The van der Waals surface area contributed by atoms with E-state index in [0.717, 1.165) is 11.4 Å². The number of Topliss-reactive ketones (excluding diaryl/α,β-unsaturated/α-hetero) is 1. The van der Waals surface area contributed by atoms with Crippen molar-refractivity contribution in [3.8, 4) is 5.75 Å². The van der Waals surface area contributed by atoms with Crippen molar-refractivity contribution in [1.82, 2.24) is 4.90 Å². The number of piperazine rings is 1. The Morgan fingerprint density at radius 1 is 0.903 bits per heavy atom. The van der Waals surface area contributed by atoms with Crippen LogP contribution in [0.1, 0.15) is 23.2 Å². The fourth-order valence-electron chi connectivity index (χ4n) is 3.31. The summed E-state index contributed by atoms with van der Waals surface area (Å²) in [5, 5.41) is 0.541. The number of nitrogens with zero attached hydrogens (tertiary/aromatic N) is 2. The summed E-state index contributed by atoms with van der Waals surface area (Å²) < 4.78 is 10.2. The van der Waals surface area contributed by atoms with Crippen molar-refractivity contribution >= 4 is 34.9 Å². The summed E-state index contributed by atoms with van der Waals surface area (Å²) in [5.41, 5.74) is 1.56. The van der Waals surface area contributed by atoms with E-state index in [1.165, 1.54) is 0 Å². The van der Waals surface area contributed by atoms with Crippen LogP contribution in [0.4, 0.5) is 5.69 Å². The molecule has 164 valence electrons. The van der Waals surface area contributed by atoms with Crippen molar-refractivity contribution in [2.45, 2.75) is 12.8 Å². The van der Waals surface area contributed by atoms with Crippen molar-refractivity contribution in [1.29, 1.82) is 0 Å². The fourth-order valence-corrected chi connectivity index (χ4v) is 3.43. The van der Waals surface area contributed by atoms with Crippen LogP contribution in [-0.2, 0) is 14.3 Å². The van der Waals surface area contributed by atoms with Crippen LogP contribution < -0.4 is 9.64 Å². The van der Waals surface area contributed by atoms with E-state index < -0.39 is 5.97 Å². The maximum atomic E-state index is 12.4. The molecule has 0 unspecified atom stereocenters. The average molecular weight is 445 g/mol. The molecule has 1 fully saturated rings. The highest BCUT2D eigenvalue weighted by atomic mass is 35.5. The molecule has 1 aliphatic heterocycles. The molecule has 1 saturated heterocycles. The number of hydrogen-bond acceptors (Lipinski definition) is 6. The van der Waals surface area contributed by atoms with E-state index in [-0.39, 0.29) is 31.1 Å². The number of carbonyl (C=O) groups is 3. The molecule has 31 heavy (non-hydrogen) atoms. The average Bonchev–Trinajstić information content (AvgIpc) is 2.81. The minimum absolute atomic E-state index is 0.0230. The largest absolute Gasteiger partial charge is 0.497 e. The van der Waals surface area contributed by atoms with E-state index in [2.05, 4.69) is 4.90 Å². The van der Waals surface area contributed by atoms with E-state index in [1.807, 2.05) is 24.3 Å². The number of hydrogen-bond donors (Lipinski definition) is 0. The molecule has 1 heterocycles. The fraction of sp³-hybridized carbons (Fsp3) is 0.348. The van der Waals surface area contributed by atoms with Crippen molar-refractivity contribution < 1.29 is 23.9 Å². The van der Waals surface area contributed by atoms with E-state index in [1.54, 1.807) is 36.3 Å². The smallest absolute Gasteiger partial charge is 0.306 e. The zero-order valence-corrected chi connectivity index (χ0v) is 18.1. The van der Waals surface area contributed by atoms with Gasteiger partial charge in [-0.2, -0.15) is 0 Å². The highest BCUT2D eigenvalue weighted by molar-refractivity contribution is 6.30. The molecule has 0 atom stereocenters. The third-order valence-corrected chi connectivity index (χ3v) is 5.40. The van der Waals surface area contributed by atoms with Crippen LogP contribution in [0, 0.1) is 0 Å². The summed E-state index contributed by atoms with van der Waals surface area (Å²) in [6.07, 6.45) is -0.0464. The first-order valence-electron chi connectivity index (χ1n) is 10.1. The van der Waals surface area contributed by atoms with Gasteiger partial charge in [-0.1, -0.05) is 11.6 Å². The molecule has 1 aliphatic rings. The number of amides is 1. The Hall–Kier alpha value is -3.06. The van der Waals surface area contributed by atoms with Crippen molar-refractivity contribution in [2.75, 3.05) is 44.8 Å². The third-order valence-electron chi connectivity index (χ3n) is 5.15. The van der Waals surface area contributed by atoms with Crippen molar-refractivity contribution in [3.05, 3.63) is 59.1 Å². The highest BCUT2D eigenvalue weighted by Gasteiger charge is 2.22. The number of esters is 1. The Morgan fingerprint density at radius 2 is 1.55 bits per heavy atom. The lowest BCUT2D eigenvalue weighted by Gasteiger charge is -2.36. The molecule has 0 aromatic heterocycles. The first-order valence-corrected chi connectivity index (χ1v) is 10.5. The van der Waals surface area contributed by atoms with Crippen LogP contribution in [-0.4, -0.2) is 62.5 Å². The SMILES string of the molecule is COc1ccc(N2CCN(C(=O)COC(=O)CCC(=O)c3ccc(Cl)cc3)CC2)cc1. The molecule has 3 rings (SSSR count). The minimum Gasteiger partial charge on any atom is -0.497 e. The number of ether oxygens (including phenoxy) is 2. The summed E-state index contributed by atoms with van der Waals surface area (Å²) in [4.78, 5) is 40.3. The first-order chi connectivity index (χ1) is 15.0. The zero-order chi connectivity index (χ0) is 22.2. The Kier molecular flexibility index (Phi) is 7.89. The van der Waals surface area contributed by atoms with E-state index in [4.69, 9.17) is 21.1 Å². The number of methoxy groups -OCH3 is 1. The van der Waals surface area contributed by atoms with Gasteiger partial charge >= 0.3 is 5.97 Å². The summed E-state index contributed by atoms with van der Waals surface area (Å²) >= 11 is 5.80. The predicted molar refractivity (Wildman–Crippen MR) is 118 cm³/mol. The predicted octanol–water partition coefficient (Wildman–Crippen LogP) is 3.20. The molecule has 0 aliphatic carbocycles. The topological polar surface area (TPSA) is 76.2 Å². The van der Waals surface area contributed by atoms with Gasteiger partial charge in [0.25, 0.3) is 5.91 Å². The second kappa shape index (κ2) is 10.8. The lowest BCUT2D eigenvalue weighted by Crippen LogP contribution is -2.49. The highest BCUT2D eigenvalue weighted by Crippen LogP contribution is 2.20. The molecule has 1 amide bonds. The number of rotatable bonds is 8. The molecule has 2 aromatic rings. The first kappa shape index (κ1) is 22.6. The number of benzene rings is 2. The number of carbonyl (C=O) groups excluding carboxylic acids is 3. The van der Waals surface area contributed by atoms with Gasteiger partial charge in [-0.05, 0) is 48.5 Å². The van der Waals surface area contributed by atoms with Gasteiger partial charge in [-0.15, -0.1) is 0 Å². The second-order valence-corrected chi connectivity index (χ2v) is 7.59. The Balaban J connectivity index is 1.37. The molecule has 0 spiro atoms. The molecule has 2 aromatic carbocycles. The van der Waals surface area contributed by atoms with Gasteiger partial charge in [0.15, 0.2) is 12.4 Å². The maximum Gasteiger partial charge on any atom is 0.306 e. The molecule has 7 nitrogen and oxygen atoms in total. The van der Waals surface area contributed by atoms with E-state index >= 15 is 0 Å². The Bertz CT molecular complexity index is 907. The van der Waals surface area contributed by atoms with Crippen LogP contribution in [0.15, 0.2) is 48.5 Å². The van der Waals surface area contributed by atoms with Gasteiger partial charge in [0, 0.05) is 48.9 Å². The van der Waals surface area contributed by atoms with Gasteiger partial charge in [-0.3, -0.25) is 14.4 Å². The number of anilines is 1. The van der Waals surface area contributed by atoms with Crippen LogP contribution >= 0.6 is 11.6 Å². The van der Waals surface area contributed by atoms with Crippen molar-refractivity contribution in [3.63, 3.8) is 0 Å². The van der Waals surface area contributed by atoms with Gasteiger partial charge < -0.3 is 19.3 Å². The maximum absolute atomic E-state index is 12.4. The minimum atomic E-state index is -0.562. The van der Waals surface area contributed by atoms with Gasteiger partial charge in [0.2, 0.25) is 0 Å². The summed E-state index contributed by atoms with van der Waals surface area (Å²) in [6.45, 7) is 2.19. The molecule has 0 radical (unpaired) electrons. The summed E-state index contributed by atoms with van der Waals surface area (Å²) in [5.74, 6) is -0.164. The van der Waals surface area contributed by atoms with E-state index in [9.17, 15) is 14.4 Å². The Morgan fingerprint density at radius 3 is 2.16 bits per heavy atom. The van der Waals surface area contributed by atoms with Crippen LogP contribution in [0.2, 0.25) is 5.02 Å². The van der Waals surface area contributed by atoms with Crippen LogP contribution in [0.25, 0.3) is 0 Å². The van der Waals surface area contributed by atoms with Crippen LogP contribution in [0.3, 0.4) is 0 Å². The normalized spacial score (nSPS) is 13.6. The quantitative estimate of drug-likeness (QED) is 0.459. The number of ketones is 1. The van der Waals surface area contributed by atoms with Crippen molar-refractivity contribution in [2.24, 2.45) is 0 Å². The van der Waals surface area contributed by atoms with Gasteiger partial charge in [0.05, 0.1) is 13.5 Å². The molecule has 0 bridgehead atoms. The monoisotopic (exact) mass is 444 g/mol. The lowest BCUT2D eigenvalue weighted by atomic mass is 10.1. The summed E-state index contributed by atoms with van der Waals surface area (Å²) in [7, 11) is 1.63. The molecule has 0 saturated carbocycles. The van der Waals surface area contributed by atoms with E-state index in [0.29, 0.717) is 36.8 Å². The van der Waals surface area contributed by atoms with Gasteiger partial charge in [-0.25, -0.2) is 0 Å². The zero-order valence-electron chi connectivity index (χ0n) is 17.4. The third kappa shape index (κ3) is 6.46. The molecule has 8 heteroatoms. The second-order valence-electron chi connectivity index (χ2n) is 7.16. The molecular weight excluding hydrogens is 420 g/mol. The van der Waals surface area contributed by atoms with Crippen LogP contribution in [0.5, 0.6) is 5.75 Å². The standard InChI is InChI=1S/C23H25ClN2O5/c1-30-20-8-6-19(7-9-20)25-12-14-26(15-13-25)22(28)16-31-23(29)11-10-21(27)17-2-4-18(24)5-3-17/h2-9H,10-16H2,1H3. The molecular formula is C23H25ClN2O5. The van der Waals surface area contributed by atoms with Gasteiger partial charge in [0.1, 0.15) is 5.75 Å². The summed E-state index contributed by atoms with van der Waals surface area (Å²) in [6, 6.07) is 14.3.